The number of aromatic carboxylic acids is 1. The van der Waals surface area contributed by atoms with Crippen molar-refractivity contribution < 1.29 is 9.90 Å². The molecule has 2 heterocycles. The molecule has 0 saturated heterocycles. The van der Waals surface area contributed by atoms with Gasteiger partial charge < -0.3 is 5.11 Å². The first-order chi connectivity index (χ1) is 8.77. The topological polar surface area (TPSA) is 68.0 Å². The number of carbonyl (C=O) groups is 1. The van der Waals surface area contributed by atoms with Crippen LogP contribution in [-0.4, -0.2) is 25.6 Å². The zero-order valence-electron chi connectivity index (χ0n) is 9.32. The molecule has 1 N–H and O–H groups in total. The molecular formula is C13H9N3O2. The van der Waals surface area contributed by atoms with Gasteiger partial charge in [0.05, 0.1) is 11.0 Å². The van der Waals surface area contributed by atoms with Gasteiger partial charge in [0.15, 0.2) is 5.82 Å². The number of aromatic nitrogens is 3. The monoisotopic (exact) mass is 239 g/mol. The molecule has 0 aliphatic carbocycles. The summed E-state index contributed by atoms with van der Waals surface area (Å²) < 4.78 is 1.68. The Morgan fingerprint density at radius 1 is 1.11 bits per heavy atom. The molecule has 18 heavy (non-hydrogen) atoms. The summed E-state index contributed by atoms with van der Waals surface area (Å²) in [5, 5.41) is 9.16. The highest BCUT2D eigenvalue weighted by Gasteiger charge is 2.14. The lowest BCUT2D eigenvalue weighted by Gasteiger charge is -2.06. The Morgan fingerprint density at radius 3 is 2.78 bits per heavy atom. The number of nitrogens with zero attached hydrogens (tertiary/aromatic N) is 3. The molecule has 0 amide bonds. The number of imidazole rings is 1. The summed E-state index contributed by atoms with van der Waals surface area (Å²) in [5.74, 6) is -0.630. The molecule has 1 aromatic carbocycles. The average Bonchev–Trinajstić information content (AvgIpc) is 2.82. The minimum Gasteiger partial charge on any atom is -0.478 e. The number of rotatable bonds is 2. The van der Waals surface area contributed by atoms with Gasteiger partial charge in [0.25, 0.3) is 0 Å². The zero-order valence-corrected chi connectivity index (χ0v) is 9.32. The number of carboxylic acid groups (broad SMARTS) is 1. The van der Waals surface area contributed by atoms with E-state index in [9.17, 15) is 4.79 Å². The third kappa shape index (κ3) is 1.53. The van der Waals surface area contributed by atoms with E-state index in [4.69, 9.17) is 5.11 Å². The number of carboxylic acids is 1. The lowest BCUT2D eigenvalue weighted by Crippen LogP contribution is -2.06. The van der Waals surface area contributed by atoms with Crippen molar-refractivity contribution in [3.8, 4) is 5.82 Å². The summed E-state index contributed by atoms with van der Waals surface area (Å²) in [4.78, 5) is 19.5. The summed E-state index contributed by atoms with van der Waals surface area (Å²) in [7, 11) is 0. The zero-order chi connectivity index (χ0) is 12.5. The maximum atomic E-state index is 11.2. The van der Waals surface area contributed by atoms with Crippen LogP contribution < -0.4 is 0 Å². The molecule has 5 nitrogen and oxygen atoms in total. The maximum absolute atomic E-state index is 11.2. The van der Waals surface area contributed by atoms with E-state index in [1.165, 1.54) is 6.07 Å². The highest BCUT2D eigenvalue weighted by atomic mass is 16.4. The molecular weight excluding hydrogens is 230 g/mol. The fourth-order valence-electron chi connectivity index (χ4n) is 1.88. The molecule has 3 aromatic rings. The summed E-state index contributed by atoms with van der Waals surface area (Å²) in [6.07, 6.45) is 3.15. The van der Waals surface area contributed by atoms with Crippen molar-refractivity contribution in [3.63, 3.8) is 0 Å². The SMILES string of the molecule is O=C(O)c1cccnc1-n1cnc2ccccc21. The Labute approximate surface area is 102 Å². The lowest BCUT2D eigenvalue weighted by molar-refractivity contribution is 0.0696. The fourth-order valence-corrected chi connectivity index (χ4v) is 1.88. The van der Waals surface area contributed by atoms with Crippen molar-refractivity contribution in [2.24, 2.45) is 0 Å². The molecule has 0 aliphatic heterocycles. The van der Waals surface area contributed by atoms with Gasteiger partial charge in [0.1, 0.15) is 11.9 Å². The van der Waals surface area contributed by atoms with Crippen molar-refractivity contribution in [3.05, 3.63) is 54.5 Å². The van der Waals surface area contributed by atoms with Crippen LogP contribution in [0.4, 0.5) is 0 Å². The molecule has 0 spiro atoms. The Kier molecular flexibility index (Phi) is 2.30. The van der Waals surface area contributed by atoms with Crippen LogP contribution in [0.5, 0.6) is 0 Å². The van der Waals surface area contributed by atoms with Crippen LogP contribution in [0.1, 0.15) is 10.4 Å². The van der Waals surface area contributed by atoms with Crippen LogP contribution in [0, 0.1) is 0 Å². The van der Waals surface area contributed by atoms with Gasteiger partial charge in [-0.1, -0.05) is 12.1 Å². The largest absolute Gasteiger partial charge is 0.478 e. The third-order valence-corrected chi connectivity index (χ3v) is 2.70. The number of hydrogen-bond acceptors (Lipinski definition) is 3. The average molecular weight is 239 g/mol. The van der Waals surface area contributed by atoms with Gasteiger partial charge in [-0.3, -0.25) is 4.57 Å². The van der Waals surface area contributed by atoms with Crippen molar-refractivity contribution in [2.75, 3.05) is 0 Å². The summed E-state index contributed by atoms with van der Waals surface area (Å²) in [6, 6.07) is 10.6. The van der Waals surface area contributed by atoms with Crippen LogP contribution in [0.15, 0.2) is 48.9 Å². The van der Waals surface area contributed by atoms with Gasteiger partial charge in [0, 0.05) is 6.20 Å². The molecule has 88 valence electrons. The molecule has 0 bridgehead atoms. The molecule has 3 rings (SSSR count). The minimum absolute atomic E-state index is 0.153. The Bertz CT molecular complexity index is 734. The smallest absolute Gasteiger partial charge is 0.339 e. The van der Waals surface area contributed by atoms with Gasteiger partial charge in [-0.05, 0) is 24.3 Å². The molecule has 0 unspecified atom stereocenters. The fraction of sp³-hybridized carbons (Fsp3) is 0. The van der Waals surface area contributed by atoms with Gasteiger partial charge in [-0.15, -0.1) is 0 Å². The van der Waals surface area contributed by atoms with Crippen molar-refractivity contribution in [2.45, 2.75) is 0 Å². The summed E-state index contributed by atoms with van der Waals surface area (Å²) in [5.41, 5.74) is 1.79. The van der Waals surface area contributed by atoms with E-state index in [2.05, 4.69) is 9.97 Å². The van der Waals surface area contributed by atoms with Crippen molar-refractivity contribution >= 4 is 17.0 Å². The highest BCUT2D eigenvalue weighted by Crippen LogP contribution is 2.18. The second-order valence-corrected chi connectivity index (χ2v) is 3.78. The number of hydrogen-bond donors (Lipinski definition) is 1. The van der Waals surface area contributed by atoms with E-state index in [-0.39, 0.29) is 5.56 Å². The third-order valence-electron chi connectivity index (χ3n) is 2.70. The normalized spacial score (nSPS) is 10.7. The van der Waals surface area contributed by atoms with Gasteiger partial charge in [-0.25, -0.2) is 14.8 Å². The molecule has 0 radical (unpaired) electrons. The van der Waals surface area contributed by atoms with E-state index < -0.39 is 5.97 Å². The maximum Gasteiger partial charge on any atom is 0.339 e. The Hall–Kier alpha value is -2.69. The standard InChI is InChI=1S/C13H9N3O2/c17-13(18)9-4-3-7-14-12(9)16-8-15-10-5-1-2-6-11(10)16/h1-8H,(H,17,18). The van der Waals surface area contributed by atoms with Crippen LogP contribution in [0.2, 0.25) is 0 Å². The van der Waals surface area contributed by atoms with Crippen molar-refractivity contribution in [1.29, 1.82) is 0 Å². The molecule has 0 atom stereocenters. The molecule has 0 saturated carbocycles. The van der Waals surface area contributed by atoms with E-state index in [0.717, 1.165) is 11.0 Å². The van der Waals surface area contributed by atoms with Gasteiger partial charge in [-0.2, -0.15) is 0 Å². The number of fused-ring (bicyclic) bond motifs is 1. The highest BCUT2D eigenvalue weighted by molar-refractivity contribution is 5.92. The predicted octanol–water partition coefficient (Wildman–Crippen LogP) is 2.12. The minimum atomic E-state index is -1.00. The molecule has 5 heteroatoms. The first kappa shape index (κ1) is 10.5. The van der Waals surface area contributed by atoms with Crippen LogP contribution in [0.3, 0.4) is 0 Å². The van der Waals surface area contributed by atoms with Crippen LogP contribution in [0.25, 0.3) is 16.9 Å². The predicted molar refractivity (Wildman–Crippen MR) is 65.8 cm³/mol. The Balaban J connectivity index is 2.30. The molecule has 0 fully saturated rings. The summed E-state index contributed by atoms with van der Waals surface area (Å²) >= 11 is 0. The number of benzene rings is 1. The van der Waals surface area contributed by atoms with E-state index >= 15 is 0 Å². The first-order valence-electron chi connectivity index (χ1n) is 5.38. The lowest BCUT2D eigenvalue weighted by atomic mass is 10.2. The number of para-hydroxylation sites is 2. The first-order valence-corrected chi connectivity index (χ1v) is 5.38. The summed E-state index contributed by atoms with van der Waals surface area (Å²) in [6.45, 7) is 0. The Morgan fingerprint density at radius 2 is 1.94 bits per heavy atom. The molecule has 0 aliphatic rings. The van der Waals surface area contributed by atoms with Gasteiger partial charge in [0.2, 0.25) is 0 Å². The quantitative estimate of drug-likeness (QED) is 0.743. The van der Waals surface area contributed by atoms with E-state index in [1.807, 2.05) is 24.3 Å². The number of pyridine rings is 1. The van der Waals surface area contributed by atoms with E-state index in [1.54, 1.807) is 23.2 Å². The second kappa shape index (κ2) is 3.96. The van der Waals surface area contributed by atoms with Crippen LogP contribution >= 0.6 is 0 Å². The van der Waals surface area contributed by atoms with Crippen LogP contribution in [-0.2, 0) is 0 Å². The van der Waals surface area contributed by atoms with Gasteiger partial charge >= 0.3 is 5.97 Å². The molecule has 2 aromatic heterocycles. The van der Waals surface area contributed by atoms with Crippen molar-refractivity contribution in [1.82, 2.24) is 14.5 Å². The second-order valence-electron chi connectivity index (χ2n) is 3.78. The van der Waals surface area contributed by atoms with E-state index in [0.29, 0.717) is 5.82 Å².